The molecular formula is C21H19Cl2N. The summed E-state index contributed by atoms with van der Waals surface area (Å²) in [7, 11) is 0. The van der Waals surface area contributed by atoms with Crippen LogP contribution in [0.1, 0.15) is 16.7 Å². The van der Waals surface area contributed by atoms with Crippen molar-refractivity contribution in [3.63, 3.8) is 0 Å². The van der Waals surface area contributed by atoms with E-state index >= 15 is 0 Å². The molecule has 0 aliphatic carbocycles. The van der Waals surface area contributed by atoms with Crippen molar-refractivity contribution in [1.29, 1.82) is 0 Å². The van der Waals surface area contributed by atoms with E-state index in [1.165, 1.54) is 11.1 Å². The minimum absolute atomic E-state index is 0.595. The van der Waals surface area contributed by atoms with E-state index in [1.54, 1.807) is 0 Å². The van der Waals surface area contributed by atoms with Crippen LogP contribution >= 0.6 is 23.2 Å². The summed E-state index contributed by atoms with van der Waals surface area (Å²) in [6.45, 7) is 2.59. The molecule has 0 aliphatic heterocycles. The fourth-order valence-electron chi connectivity index (χ4n) is 2.75. The van der Waals surface area contributed by atoms with Crippen molar-refractivity contribution in [2.24, 2.45) is 0 Å². The Kier molecular flexibility index (Phi) is 5.92. The molecule has 1 nitrogen and oxygen atoms in total. The summed E-state index contributed by atoms with van der Waals surface area (Å²) in [5.74, 6) is 0. The first-order chi connectivity index (χ1) is 11.7. The van der Waals surface area contributed by atoms with Gasteiger partial charge in [-0.1, -0.05) is 89.9 Å². The second-order valence-corrected chi connectivity index (χ2v) is 6.68. The lowest BCUT2D eigenvalue weighted by Crippen LogP contribution is -2.22. The Morgan fingerprint density at radius 2 is 1.04 bits per heavy atom. The molecule has 0 radical (unpaired) electrons. The van der Waals surface area contributed by atoms with Crippen molar-refractivity contribution in [3.8, 4) is 0 Å². The van der Waals surface area contributed by atoms with Crippen LogP contribution in [0.4, 0.5) is 0 Å². The van der Waals surface area contributed by atoms with Gasteiger partial charge in [0.15, 0.2) is 0 Å². The van der Waals surface area contributed by atoms with Gasteiger partial charge >= 0.3 is 0 Å². The van der Waals surface area contributed by atoms with Crippen molar-refractivity contribution in [2.75, 3.05) is 0 Å². The summed E-state index contributed by atoms with van der Waals surface area (Å²) < 4.78 is 0. The molecule has 122 valence electrons. The summed E-state index contributed by atoms with van der Waals surface area (Å²) in [5.41, 5.74) is 3.76. The molecule has 0 aromatic heterocycles. The third-order valence-electron chi connectivity index (χ3n) is 3.89. The maximum atomic E-state index is 6.17. The third-order valence-corrected chi connectivity index (χ3v) is 4.63. The molecule has 0 amide bonds. The first-order valence-corrected chi connectivity index (χ1v) is 8.70. The Balaban J connectivity index is 1.79. The van der Waals surface area contributed by atoms with Crippen LogP contribution in [0.25, 0.3) is 0 Å². The molecule has 0 heterocycles. The lowest BCUT2D eigenvalue weighted by Gasteiger charge is -2.23. The number of nitrogens with zero attached hydrogens (tertiary/aromatic N) is 1. The normalized spacial score (nSPS) is 11.0. The largest absolute Gasteiger partial charge is 0.291 e. The van der Waals surface area contributed by atoms with E-state index in [0.29, 0.717) is 10.0 Å². The molecule has 3 rings (SSSR count). The van der Waals surface area contributed by atoms with Crippen LogP contribution in [0.3, 0.4) is 0 Å². The van der Waals surface area contributed by atoms with Crippen molar-refractivity contribution in [3.05, 3.63) is 106 Å². The molecule has 3 aromatic rings. The Morgan fingerprint density at radius 3 is 1.54 bits per heavy atom. The molecule has 0 saturated heterocycles. The SMILES string of the molecule is Clc1ccc(CN(Cc2ccccc2)Cc2ccccc2)cc1Cl. The van der Waals surface area contributed by atoms with Gasteiger partial charge in [0.25, 0.3) is 0 Å². The molecular weight excluding hydrogens is 337 g/mol. The lowest BCUT2D eigenvalue weighted by atomic mass is 10.1. The fraction of sp³-hybridized carbons (Fsp3) is 0.143. The van der Waals surface area contributed by atoms with Gasteiger partial charge in [-0.15, -0.1) is 0 Å². The van der Waals surface area contributed by atoms with Gasteiger partial charge < -0.3 is 0 Å². The second-order valence-electron chi connectivity index (χ2n) is 5.86. The smallest absolute Gasteiger partial charge is 0.0595 e. The van der Waals surface area contributed by atoms with Gasteiger partial charge in [-0.3, -0.25) is 4.90 Å². The maximum Gasteiger partial charge on any atom is 0.0595 e. The second kappa shape index (κ2) is 8.34. The quantitative estimate of drug-likeness (QED) is 0.509. The zero-order chi connectivity index (χ0) is 16.8. The topological polar surface area (TPSA) is 3.24 Å². The van der Waals surface area contributed by atoms with Gasteiger partial charge in [0.1, 0.15) is 0 Å². The highest BCUT2D eigenvalue weighted by atomic mass is 35.5. The minimum Gasteiger partial charge on any atom is -0.291 e. The van der Waals surface area contributed by atoms with E-state index in [4.69, 9.17) is 23.2 Å². The average Bonchev–Trinajstić information content (AvgIpc) is 2.60. The Morgan fingerprint density at radius 1 is 0.542 bits per heavy atom. The van der Waals surface area contributed by atoms with Gasteiger partial charge in [0, 0.05) is 19.6 Å². The van der Waals surface area contributed by atoms with E-state index in [-0.39, 0.29) is 0 Å². The van der Waals surface area contributed by atoms with Crippen LogP contribution in [-0.4, -0.2) is 4.90 Å². The van der Waals surface area contributed by atoms with Crippen LogP contribution in [0, 0.1) is 0 Å². The van der Waals surface area contributed by atoms with Gasteiger partial charge in [-0.05, 0) is 28.8 Å². The molecule has 0 atom stereocenters. The molecule has 3 aromatic carbocycles. The zero-order valence-electron chi connectivity index (χ0n) is 13.3. The molecule has 0 spiro atoms. The monoisotopic (exact) mass is 355 g/mol. The first-order valence-electron chi connectivity index (χ1n) is 7.95. The molecule has 0 bridgehead atoms. The summed E-state index contributed by atoms with van der Waals surface area (Å²) in [5, 5.41) is 1.20. The van der Waals surface area contributed by atoms with Crippen LogP contribution in [-0.2, 0) is 19.6 Å². The van der Waals surface area contributed by atoms with Crippen molar-refractivity contribution >= 4 is 23.2 Å². The molecule has 0 saturated carbocycles. The van der Waals surface area contributed by atoms with Crippen molar-refractivity contribution in [2.45, 2.75) is 19.6 Å². The summed E-state index contributed by atoms with van der Waals surface area (Å²) in [4.78, 5) is 2.41. The molecule has 3 heteroatoms. The van der Waals surface area contributed by atoms with E-state index in [1.807, 2.05) is 30.3 Å². The van der Waals surface area contributed by atoms with Crippen molar-refractivity contribution in [1.82, 2.24) is 4.90 Å². The Labute approximate surface area is 153 Å². The minimum atomic E-state index is 0.595. The van der Waals surface area contributed by atoms with E-state index in [9.17, 15) is 0 Å². The highest BCUT2D eigenvalue weighted by Gasteiger charge is 2.09. The van der Waals surface area contributed by atoms with Gasteiger partial charge in [0.05, 0.1) is 10.0 Å². The van der Waals surface area contributed by atoms with E-state index in [2.05, 4.69) is 53.4 Å². The average molecular weight is 356 g/mol. The molecule has 0 fully saturated rings. The van der Waals surface area contributed by atoms with Crippen LogP contribution in [0.5, 0.6) is 0 Å². The first kappa shape index (κ1) is 17.0. The molecule has 0 unspecified atom stereocenters. The van der Waals surface area contributed by atoms with Crippen molar-refractivity contribution < 1.29 is 0 Å². The van der Waals surface area contributed by atoms with Gasteiger partial charge in [-0.25, -0.2) is 0 Å². The molecule has 0 aliphatic rings. The summed E-state index contributed by atoms with van der Waals surface area (Å²) >= 11 is 12.2. The predicted molar refractivity (Wildman–Crippen MR) is 102 cm³/mol. The number of hydrogen-bond donors (Lipinski definition) is 0. The number of rotatable bonds is 6. The Hall–Kier alpha value is -1.80. The van der Waals surface area contributed by atoms with Crippen LogP contribution < -0.4 is 0 Å². The van der Waals surface area contributed by atoms with E-state index in [0.717, 1.165) is 25.2 Å². The highest BCUT2D eigenvalue weighted by molar-refractivity contribution is 6.42. The lowest BCUT2D eigenvalue weighted by molar-refractivity contribution is 0.248. The molecule has 0 N–H and O–H groups in total. The fourth-order valence-corrected chi connectivity index (χ4v) is 3.07. The Bertz CT molecular complexity index is 731. The zero-order valence-corrected chi connectivity index (χ0v) is 14.8. The summed E-state index contributed by atoms with van der Waals surface area (Å²) in [6.07, 6.45) is 0. The van der Waals surface area contributed by atoms with E-state index < -0.39 is 0 Å². The number of halogens is 2. The van der Waals surface area contributed by atoms with Crippen LogP contribution in [0.2, 0.25) is 10.0 Å². The third kappa shape index (κ3) is 4.85. The highest BCUT2D eigenvalue weighted by Crippen LogP contribution is 2.24. The van der Waals surface area contributed by atoms with Gasteiger partial charge in [-0.2, -0.15) is 0 Å². The predicted octanol–water partition coefficient (Wildman–Crippen LogP) is 6.20. The molecule has 24 heavy (non-hydrogen) atoms. The van der Waals surface area contributed by atoms with Gasteiger partial charge in [0.2, 0.25) is 0 Å². The number of hydrogen-bond acceptors (Lipinski definition) is 1. The maximum absolute atomic E-state index is 6.17. The summed E-state index contributed by atoms with van der Waals surface area (Å²) in [6, 6.07) is 26.9. The number of benzene rings is 3. The van der Waals surface area contributed by atoms with Crippen LogP contribution in [0.15, 0.2) is 78.9 Å². The standard InChI is InChI=1S/C21H19Cl2N/c22-20-12-11-19(13-21(20)23)16-24(14-17-7-3-1-4-8-17)15-18-9-5-2-6-10-18/h1-13H,14-16H2.